The Labute approximate surface area is 111 Å². The van der Waals surface area contributed by atoms with Gasteiger partial charge in [0, 0.05) is 18.3 Å². The van der Waals surface area contributed by atoms with E-state index in [1.54, 1.807) is 0 Å². The number of rotatable bonds is 7. The van der Waals surface area contributed by atoms with Gasteiger partial charge in [0.1, 0.15) is 0 Å². The summed E-state index contributed by atoms with van der Waals surface area (Å²) in [5.74, 6) is 1.40. The van der Waals surface area contributed by atoms with E-state index in [1.165, 1.54) is 18.5 Å². The highest BCUT2D eigenvalue weighted by Gasteiger charge is 2.22. The highest BCUT2D eigenvalue weighted by Crippen LogP contribution is 2.21. The van der Waals surface area contributed by atoms with Crippen molar-refractivity contribution in [2.24, 2.45) is 11.8 Å². The van der Waals surface area contributed by atoms with Crippen molar-refractivity contribution in [2.45, 2.75) is 59.0 Å². The average molecular weight is 249 g/mol. The lowest BCUT2D eigenvalue weighted by molar-refractivity contribution is 0.360. The van der Waals surface area contributed by atoms with Crippen LogP contribution in [0.15, 0.2) is 12.3 Å². The van der Waals surface area contributed by atoms with E-state index in [2.05, 4.69) is 55.1 Å². The first-order chi connectivity index (χ1) is 8.56. The molecule has 1 aromatic rings. The number of hydrogen-bond donors (Lipinski definition) is 1. The first kappa shape index (κ1) is 13.6. The number of nitrogens with one attached hydrogen (secondary N) is 1. The fraction of sp³-hybridized carbons (Fsp3) is 0.800. The Hall–Kier alpha value is -0.830. The zero-order valence-electron chi connectivity index (χ0n) is 12.2. The van der Waals surface area contributed by atoms with Gasteiger partial charge in [0.15, 0.2) is 0 Å². The molecule has 1 saturated carbocycles. The second-order valence-corrected chi connectivity index (χ2v) is 6.22. The predicted octanol–water partition coefficient (Wildman–Crippen LogP) is 3.03. The maximum atomic E-state index is 4.64. The highest BCUT2D eigenvalue weighted by atomic mass is 15.3. The molecule has 0 spiro atoms. The molecule has 0 radical (unpaired) electrons. The zero-order valence-corrected chi connectivity index (χ0v) is 12.2. The fourth-order valence-electron chi connectivity index (χ4n) is 2.15. The predicted molar refractivity (Wildman–Crippen MR) is 75.7 cm³/mol. The van der Waals surface area contributed by atoms with Gasteiger partial charge in [0.05, 0.1) is 5.69 Å². The van der Waals surface area contributed by atoms with Gasteiger partial charge in [-0.2, -0.15) is 5.10 Å². The van der Waals surface area contributed by atoms with Crippen LogP contribution in [0.25, 0.3) is 0 Å². The van der Waals surface area contributed by atoms with Crippen LogP contribution in [0, 0.1) is 11.8 Å². The molecule has 18 heavy (non-hydrogen) atoms. The van der Waals surface area contributed by atoms with Crippen LogP contribution in [0.2, 0.25) is 0 Å². The Morgan fingerprint density at radius 3 is 2.56 bits per heavy atom. The molecule has 1 aliphatic rings. The van der Waals surface area contributed by atoms with Crippen LogP contribution in [0.4, 0.5) is 0 Å². The van der Waals surface area contributed by atoms with Gasteiger partial charge in [-0.05, 0) is 57.6 Å². The molecule has 1 N–H and O–H groups in total. The first-order valence-corrected chi connectivity index (χ1v) is 7.33. The first-order valence-electron chi connectivity index (χ1n) is 7.33. The largest absolute Gasteiger partial charge is 0.314 e. The lowest BCUT2D eigenvalue weighted by Gasteiger charge is -2.19. The summed E-state index contributed by atoms with van der Waals surface area (Å²) in [5.41, 5.74) is 1.23. The fourth-order valence-corrected chi connectivity index (χ4v) is 2.15. The van der Waals surface area contributed by atoms with Crippen LogP contribution >= 0.6 is 0 Å². The van der Waals surface area contributed by atoms with E-state index in [9.17, 15) is 0 Å². The summed E-state index contributed by atoms with van der Waals surface area (Å²) in [6.07, 6.45) is 5.94. The van der Waals surface area contributed by atoms with Crippen LogP contribution in [-0.2, 0) is 6.42 Å². The van der Waals surface area contributed by atoms with E-state index in [-0.39, 0.29) is 0 Å². The van der Waals surface area contributed by atoms with Crippen molar-refractivity contribution in [1.29, 1.82) is 0 Å². The molecule has 2 rings (SSSR count). The third-order valence-electron chi connectivity index (χ3n) is 4.00. The SMILES string of the molecule is CC(CNC1CC1)C(C)Cc1ccn(C(C)C)n1. The summed E-state index contributed by atoms with van der Waals surface area (Å²) < 4.78 is 2.05. The molecule has 0 saturated heterocycles. The van der Waals surface area contributed by atoms with Crippen LogP contribution in [0.5, 0.6) is 0 Å². The Balaban J connectivity index is 1.78. The van der Waals surface area contributed by atoms with Gasteiger partial charge >= 0.3 is 0 Å². The van der Waals surface area contributed by atoms with Crippen molar-refractivity contribution in [3.63, 3.8) is 0 Å². The third-order valence-corrected chi connectivity index (χ3v) is 4.00. The minimum absolute atomic E-state index is 0.461. The Morgan fingerprint density at radius 2 is 2.00 bits per heavy atom. The summed E-state index contributed by atoms with van der Waals surface area (Å²) in [7, 11) is 0. The van der Waals surface area contributed by atoms with Crippen molar-refractivity contribution in [3.05, 3.63) is 18.0 Å². The summed E-state index contributed by atoms with van der Waals surface area (Å²) >= 11 is 0. The number of nitrogens with zero attached hydrogens (tertiary/aromatic N) is 2. The minimum Gasteiger partial charge on any atom is -0.314 e. The molecular formula is C15H27N3. The molecule has 102 valence electrons. The molecular weight excluding hydrogens is 222 g/mol. The maximum Gasteiger partial charge on any atom is 0.0627 e. The van der Waals surface area contributed by atoms with Gasteiger partial charge in [-0.15, -0.1) is 0 Å². The lowest BCUT2D eigenvalue weighted by atomic mass is 9.91. The zero-order chi connectivity index (χ0) is 13.1. The minimum atomic E-state index is 0.461. The summed E-state index contributed by atoms with van der Waals surface area (Å²) in [6, 6.07) is 3.44. The molecule has 1 fully saturated rings. The van der Waals surface area contributed by atoms with E-state index in [0.717, 1.165) is 24.9 Å². The normalized spacial score (nSPS) is 19.2. The Kier molecular flexibility index (Phi) is 4.44. The quantitative estimate of drug-likeness (QED) is 0.805. The van der Waals surface area contributed by atoms with Gasteiger partial charge in [-0.1, -0.05) is 13.8 Å². The molecule has 2 unspecified atom stereocenters. The number of hydrogen-bond acceptors (Lipinski definition) is 2. The highest BCUT2D eigenvalue weighted by molar-refractivity contribution is 5.01. The third kappa shape index (κ3) is 3.84. The molecule has 0 bridgehead atoms. The van der Waals surface area contributed by atoms with Gasteiger partial charge in [0.25, 0.3) is 0 Å². The monoisotopic (exact) mass is 249 g/mol. The molecule has 0 aliphatic heterocycles. The van der Waals surface area contributed by atoms with Crippen molar-refractivity contribution >= 4 is 0 Å². The molecule has 1 aliphatic carbocycles. The van der Waals surface area contributed by atoms with Gasteiger partial charge in [0.2, 0.25) is 0 Å². The maximum absolute atomic E-state index is 4.64. The standard InChI is InChI=1S/C15H27N3/c1-11(2)18-8-7-15(17-18)9-12(3)13(4)10-16-14-5-6-14/h7-8,11-14,16H,5-6,9-10H2,1-4H3. The topological polar surface area (TPSA) is 29.9 Å². The van der Waals surface area contributed by atoms with Crippen molar-refractivity contribution in [1.82, 2.24) is 15.1 Å². The molecule has 0 amide bonds. The van der Waals surface area contributed by atoms with E-state index in [0.29, 0.717) is 12.0 Å². The van der Waals surface area contributed by atoms with Gasteiger partial charge < -0.3 is 5.32 Å². The van der Waals surface area contributed by atoms with E-state index in [4.69, 9.17) is 0 Å². The molecule has 3 nitrogen and oxygen atoms in total. The molecule has 3 heteroatoms. The van der Waals surface area contributed by atoms with E-state index in [1.807, 2.05) is 0 Å². The van der Waals surface area contributed by atoms with Crippen molar-refractivity contribution < 1.29 is 0 Å². The molecule has 1 heterocycles. The van der Waals surface area contributed by atoms with Crippen molar-refractivity contribution in [3.8, 4) is 0 Å². The molecule has 0 aromatic carbocycles. The van der Waals surface area contributed by atoms with Crippen LogP contribution in [0.3, 0.4) is 0 Å². The smallest absolute Gasteiger partial charge is 0.0627 e. The Bertz CT molecular complexity index is 366. The van der Waals surface area contributed by atoms with E-state index < -0.39 is 0 Å². The second-order valence-electron chi connectivity index (χ2n) is 6.22. The van der Waals surface area contributed by atoms with Crippen LogP contribution in [-0.4, -0.2) is 22.4 Å². The number of aromatic nitrogens is 2. The Morgan fingerprint density at radius 1 is 1.28 bits per heavy atom. The van der Waals surface area contributed by atoms with Gasteiger partial charge in [-0.25, -0.2) is 0 Å². The van der Waals surface area contributed by atoms with Crippen LogP contribution in [0.1, 0.15) is 52.3 Å². The molecule has 1 aromatic heterocycles. The second kappa shape index (κ2) is 5.87. The molecule has 2 atom stereocenters. The summed E-state index contributed by atoms with van der Waals surface area (Å²) in [5, 5.41) is 8.26. The van der Waals surface area contributed by atoms with E-state index >= 15 is 0 Å². The van der Waals surface area contributed by atoms with Gasteiger partial charge in [-0.3, -0.25) is 4.68 Å². The van der Waals surface area contributed by atoms with Crippen LogP contribution < -0.4 is 5.32 Å². The summed E-state index contributed by atoms with van der Waals surface area (Å²) in [6.45, 7) is 10.2. The lowest BCUT2D eigenvalue weighted by Crippen LogP contribution is -2.27. The van der Waals surface area contributed by atoms with Crippen molar-refractivity contribution in [2.75, 3.05) is 6.54 Å². The average Bonchev–Trinajstić information content (AvgIpc) is 3.04. The summed E-state index contributed by atoms with van der Waals surface area (Å²) in [4.78, 5) is 0.